The maximum absolute atomic E-state index is 4.50. The number of rotatable bonds is 2. The average Bonchev–Trinajstić information content (AvgIpc) is 1.98. The Hall–Kier alpha value is -0.0800. The van der Waals surface area contributed by atoms with Crippen LogP contribution in [0.3, 0.4) is 0 Å². The minimum Gasteiger partial charge on any atom is -0.333 e. The van der Waals surface area contributed by atoms with E-state index in [1.165, 1.54) is 13.5 Å². The summed E-state index contributed by atoms with van der Waals surface area (Å²) in [6, 6.07) is 0. The van der Waals surface area contributed by atoms with Crippen LogP contribution in [0.2, 0.25) is 0 Å². The second-order valence-electron chi connectivity index (χ2n) is 1.10. The van der Waals surface area contributed by atoms with Gasteiger partial charge in [0.2, 0.25) is 0 Å². The lowest BCUT2D eigenvalue weighted by Gasteiger charge is -1.84. The van der Waals surface area contributed by atoms with Gasteiger partial charge in [0.25, 0.3) is 0 Å². The summed E-state index contributed by atoms with van der Waals surface area (Å²) in [4.78, 5) is 0. The first-order valence-electron chi connectivity index (χ1n) is 3.64. The minimum absolute atomic E-state index is 1.14. The Labute approximate surface area is 59.8 Å². The molecule has 0 heterocycles. The number of nitrogens with two attached hydrogens (primary N) is 1. The van der Waals surface area contributed by atoms with Crippen LogP contribution in [0.1, 0.15) is 27.2 Å². The summed E-state index contributed by atoms with van der Waals surface area (Å²) < 4.78 is 0. The molecule has 0 aromatic rings. The van der Waals surface area contributed by atoms with Crippen molar-refractivity contribution in [1.82, 2.24) is 5.32 Å². The summed E-state index contributed by atoms with van der Waals surface area (Å²) in [5.41, 5.74) is 4.50. The molecule has 0 atom stereocenters. The number of nitrogens with one attached hydrogen (secondary N) is 1. The van der Waals surface area contributed by atoms with Gasteiger partial charge in [-0.15, -0.1) is 0 Å². The quantitative estimate of drug-likeness (QED) is 0.596. The lowest BCUT2D eigenvalue weighted by atomic mass is 10.5. The van der Waals surface area contributed by atoms with Crippen molar-refractivity contribution in [2.24, 2.45) is 5.73 Å². The highest BCUT2D eigenvalue weighted by molar-refractivity contribution is 4.28. The van der Waals surface area contributed by atoms with Crippen LogP contribution in [0.5, 0.6) is 0 Å². The van der Waals surface area contributed by atoms with Gasteiger partial charge in [-0.05, 0) is 27.1 Å². The predicted octanol–water partition coefficient (Wildman–Crippen LogP) is 1.22. The molecule has 60 valence electrons. The van der Waals surface area contributed by atoms with Crippen molar-refractivity contribution >= 4 is 0 Å². The Morgan fingerprint density at radius 1 is 1.22 bits per heavy atom. The molecule has 0 aromatic carbocycles. The van der Waals surface area contributed by atoms with Crippen LogP contribution in [0.25, 0.3) is 0 Å². The Morgan fingerprint density at radius 2 is 1.56 bits per heavy atom. The molecule has 0 saturated carbocycles. The fourth-order valence-electron chi connectivity index (χ4n) is 0.250. The maximum Gasteiger partial charge on any atom is -0.00546 e. The van der Waals surface area contributed by atoms with Crippen LogP contribution in [-0.4, -0.2) is 20.6 Å². The highest BCUT2D eigenvalue weighted by Crippen LogP contribution is 1.62. The molecular formula is C7H22N2. The van der Waals surface area contributed by atoms with Crippen molar-refractivity contribution < 1.29 is 0 Å². The number of hydrogen-bond donors (Lipinski definition) is 2. The normalized spacial score (nSPS) is 6.00. The van der Waals surface area contributed by atoms with Gasteiger partial charge in [-0.2, -0.15) is 0 Å². The van der Waals surface area contributed by atoms with Crippen molar-refractivity contribution in [3.05, 3.63) is 0 Å². The van der Waals surface area contributed by atoms with Gasteiger partial charge in [0.1, 0.15) is 0 Å². The van der Waals surface area contributed by atoms with Crippen LogP contribution in [0.15, 0.2) is 0 Å². The topological polar surface area (TPSA) is 38.0 Å². The van der Waals surface area contributed by atoms with Crippen LogP contribution in [-0.2, 0) is 0 Å². The second-order valence-corrected chi connectivity index (χ2v) is 1.10. The largest absolute Gasteiger partial charge is 0.333 e. The molecule has 0 aliphatic carbocycles. The van der Waals surface area contributed by atoms with E-state index in [4.69, 9.17) is 0 Å². The summed E-state index contributed by atoms with van der Waals surface area (Å²) >= 11 is 0. The van der Waals surface area contributed by atoms with Crippen molar-refractivity contribution in [3.8, 4) is 0 Å². The van der Waals surface area contributed by atoms with Crippen molar-refractivity contribution in [2.45, 2.75) is 27.2 Å². The second kappa shape index (κ2) is 44.5. The molecular weight excluding hydrogens is 112 g/mol. The molecule has 0 spiro atoms. The van der Waals surface area contributed by atoms with Crippen molar-refractivity contribution in [3.63, 3.8) is 0 Å². The zero-order valence-electron chi connectivity index (χ0n) is 7.49. The third-order valence-corrected chi connectivity index (χ3v) is 0.500. The highest BCUT2D eigenvalue weighted by Gasteiger charge is 1.64. The first-order valence-corrected chi connectivity index (χ1v) is 3.64. The molecule has 9 heavy (non-hydrogen) atoms. The van der Waals surface area contributed by atoms with E-state index < -0.39 is 0 Å². The Kier molecular flexibility index (Phi) is 78.9. The van der Waals surface area contributed by atoms with E-state index in [1.807, 2.05) is 20.9 Å². The van der Waals surface area contributed by atoms with E-state index in [-0.39, 0.29) is 0 Å². The van der Waals surface area contributed by atoms with Crippen molar-refractivity contribution in [2.75, 3.05) is 20.6 Å². The van der Waals surface area contributed by atoms with Crippen molar-refractivity contribution in [1.29, 1.82) is 0 Å². The molecule has 0 radical (unpaired) electrons. The molecule has 0 saturated heterocycles. The van der Waals surface area contributed by atoms with E-state index in [1.54, 1.807) is 0 Å². The van der Waals surface area contributed by atoms with Gasteiger partial charge >= 0.3 is 0 Å². The fourth-order valence-corrected chi connectivity index (χ4v) is 0.250. The lowest BCUT2D eigenvalue weighted by molar-refractivity contribution is 0.772. The first kappa shape index (κ1) is 16.0. The molecule has 0 bridgehead atoms. The number of hydrogen-bond acceptors (Lipinski definition) is 2. The fraction of sp³-hybridized carbons (Fsp3) is 1.00. The Balaban J connectivity index is -0.0000000771. The minimum atomic E-state index is 1.14. The first-order chi connectivity index (χ1) is 4.41. The zero-order chi connectivity index (χ0) is 8.12. The summed E-state index contributed by atoms with van der Waals surface area (Å²) in [7, 11) is 3.46. The lowest BCUT2D eigenvalue weighted by Crippen LogP contribution is -2.04. The summed E-state index contributed by atoms with van der Waals surface area (Å²) in [6.07, 6.45) is 1.23. The highest BCUT2D eigenvalue weighted by atomic mass is 14.8. The standard InChI is InChI=1S/C4H11N.C2H6.CH5N/c1-3-4-5-2;2*1-2/h5H,3-4H2,1-2H3;1-2H3;2H2,1H3. The van der Waals surface area contributed by atoms with Gasteiger partial charge in [0.05, 0.1) is 0 Å². The van der Waals surface area contributed by atoms with Crippen LogP contribution in [0, 0.1) is 0 Å². The summed E-state index contributed by atoms with van der Waals surface area (Å²) in [5, 5.41) is 3.02. The third-order valence-electron chi connectivity index (χ3n) is 0.500. The van der Waals surface area contributed by atoms with Gasteiger partial charge < -0.3 is 11.1 Å². The molecule has 0 amide bonds. The summed E-state index contributed by atoms with van der Waals surface area (Å²) in [6.45, 7) is 7.29. The smallest absolute Gasteiger partial charge is 0.00546 e. The summed E-state index contributed by atoms with van der Waals surface area (Å²) in [5.74, 6) is 0. The maximum atomic E-state index is 4.50. The molecule has 0 aromatic heterocycles. The van der Waals surface area contributed by atoms with Gasteiger partial charge in [-0.3, -0.25) is 0 Å². The zero-order valence-corrected chi connectivity index (χ0v) is 7.49. The van der Waals surface area contributed by atoms with E-state index in [9.17, 15) is 0 Å². The molecule has 0 aliphatic heterocycles. The molecule has 2 nitrogen and oxygen atoms in total. The molecule has 3 N–H and O–H groups in total. The average molecular weight is 134 g/mol. The molecule has 2 heteroatoms. The Bertz CT molecular complexity index is 14.4. The Morgan fingerprint density at radius 3 is 1.56 bits per heavy atom. The van der Waals surface area contributed by atoms with Crippen LogP contribution in [0.4, 0.5) is 0 Å². The van der Waals surface area contributed by atoms with Gasteiger partial charge in [0.15, 0.2) is 0 Å². The van der Waals surface area contributed by atoms with Crippen LogP contribution >= 0.6 is 0 Å². The SMILES string of the molecule is CC.CCCNC.CN. The van der Waals surface area contributed by atoms with Gasteiger partial charge in [-0.1, -0.05) is 20.8 Å². The van der Waals surface area contributed by atoms with Gasteiger partial charge in [0, 0.05) is 0 Å². The van der Waals surface area contributed by atoms with E-state index >= 15 is 0 Å². The van der Waals surface area contributed by atoms with Crippen LogP contribution < -0.4 is 11.1 Å². The molecule has 0 rings (SSSR count). The molecule has 0 fully saturated rings. The monoisotopic (exact) mass is 134 g/mol. The van der Waals surface area contributed by atoms with E-state index in [2.05, 4.69) is 18.0 Å². The molecule has 0 unspecified atom stereocenters. The predicted molar refractivity (Wildman–Crippen MR) is 45.7 cm³/mol. The van der Waals surface area contributed by atoms with E-state index in [0.717, 1.165) is 6.54 Å². The van der Waals surface area contributed by atoms with Gasteiger partial charge in [-0.25, -0.2) is 0 Å². The molecule has 0 aliphatic rings. The van der Waals surface area contributed by atoms with E-state index in [0.29, 0.717) is 0 Å². The third kappa shape index (κ3) is 75.3.